The number of hydrogen-bond donors (Lipinski definition) is 1. The van der Waals surface area contributed by atoms with Gasteiger partial charge in [0.25, 0.3) is 0 Å². The van der Waals surface area contributed by atoms with E-state index in [4.69, 9.17) is 0 Å². The third-order valence-electron chi connectivity index (χ3n) is 4.45. The Kier molecular flexibility index (Phi) is 5.22. The summed E-state index contributed by atoms with van der Waals surface area (Å²) in [4.78, 5) is 16.5. The van der Waals surface area contributed by atoms with Gasteiger partial charge in [-0.1, -0.05) is 0 Å². The molecule has 2 aliphatic rings. The SMILES string of the molecule is CC(C)N(CC(=O)N(C)C1CC1)CC1CCCNC1. The fourth-order valence-corrected chi connectivity index (χ4v) is 2.82. The second-order valence-electron chi connectivity index (χ2n) is 6.47. The monoisotopic (exact) mass is 267 g/mol. The molecule has 110 valence electrons. The Labute approximate surface area is 117 Å². The van der Waals surface area contributed by atoms with E-state index in [-0.39, 0.29) is 0 Å². The molecule has 0 spiro atoms. The number of nitrogens with zero attached hydrogens (tertiary/aromatic N) is 2. The van der Waals surface area contributed by atoms with E-state index in [1.807, 2.05) is 11.9 Å². The van der Waals surface area contributed by atoms with Crippen LogP contribution in [0.15, 0.2) is 0 Å². The molecule has 1 amide bonds. The first-order valence-electron chi connectivity index (χ1n) is 7.78. The first-order chi connectivity index (χ1) is 9.08. The van der Waals surface area contributed by atoms with E-state index in [2.05, 4.69) is 24.1 Å². The highest BCUT2D eigenvalue weighted by molar-refractivity contribution is 5.78. The lowest BCUT2D eigenvalue weighted by atomic mass is 9.98. The first-order valence-corrected chi connectivity index (χ1v) is 7.78. The summed E-state index contributed by atoms with van der Waals surface area (Å²) in [6, 6.07) is 0.969. The zero-order valence-corrected chi connectivity index (χ0v) is 12.7. The minimum atomic E-state index is 0.292. The molecule has 2 rings (SSSR count). The predicted molar refractivity (Wildman–Crippen MR) is 78.1 cm³/mol. The van der Waals surface area contributed by atoms with Crippen molar-refractivity contribution in [1.82, 2.24) is 15.1 Å². The van der Waals surface area contributed by atoms with E-state index in [1.54, 1.807) is 0 Å². The second kappa shape index (κ2) is 6.71. The lowest BCUT2D eigenvalue weighted by Gasteiger charge is -2.33. The fourth-order valence-electron chi connectivity index (χ4n) is 2.82. The van der Waals surface area contributed by atoms with Crippen LogP contribution >= 0.6 is 0 Å². The van der Waals surface area contributed by atoms with Crippen LogP contribution in [0.4, 0.5) is 0 Å². The highest BCUT2D eigenvalue weighted by Crippen LogP contribution is 2.25. The van der Waals surface area contributed by atoms with E-state index in [0.29, 0.717) is 30.5 Å². The molecule has 1 saturated heterocycles. The Morgan fingerprint density at radius 2 is 2.05 bits per heavy atom. The van der Waals surface area contributed by atoms with E-state index < -0.39 is 0 Å². The van der Waals surface area contributed by atoms with Gasteiger partial charge < -0.3 is 10.2 Å². The normalized spacial score (nSPS) is 23.9. The average Bonchev–Trinajstić information content (AvgIpc) is 3.22. The Morgan fingerprint density at radius 1 is 1.32 bits per heavy atom. The van der Waals surface area contributed by atoms with Crippen molar-refractivity contribution in [2.24, 2.45) is 5.92 Å². The standard InChI is InChI=1S/C15H29N3O/c1-12(2)18(10-13-5-4-8-16-9-13)11-15(19)17(3)14-6-7-14/h12-14,16H,4-11H2,1-3H3. The van der Waals surface area contributed by atoms with Gasteiger partial charge in [-0.05, 0) is 58.5 Å². The van der Waals surface area contributed by atoms with E-state index in [0.717, 1.165) is 19.6 Å². The lowest BCUT2D eigenvalue weighted by Crippen LogP contribution is -2.46. The molecule has 4 heteroatoms. The number of nitrogens with one attached hydrogen (secondary N) is 1. The largest absolute Gasteiger partial charge is 0.342 e. The lowest BCUT2D eigenvalue weighted by molar-refractivity contribution is -0.132. The molecular weight excluding hydrogens is 238 g/mol. The van der Waals surface area contributed by atoms with Gasteiger partial charge in [-0.15, -0.1) is 0 Å². The van der Waals surface area contributed by atoms with E-state index in [1.165, 1.54) is 25.7 Å². The third-order valence-corrected chi connectivity index (χ3v) is 4.45. The van der Waals surface area contributed by atoms with Crippen LogP contribution in [0.1, 0.15) is 39.5 Å². The Balaban J connectivity index is 1.82. The van der Waals surface area contributed by atoms with E-state index >= 15 is 0 Å². The molecule has 1 N–H and O–H groups in total. The van der Waals surface area contributed by atoms with Crippen LogP contribution in [0.25, 0.3) is 0 Å². The number of likely N-dealkylation sites (N-methyl/N-ethyl adjacent to an activating group) is 1. The summed E-state index contributed by atoms with van der Waals surface area (Å²) in [5, 5.41) is 3.46. The number of piperidine rings is 1. The maximum Gasteiger partial charge on any atom is 0.236 e. The number of carbonyl (C=O) groups excluding carboxylic acids is 1. The molecule has 0 bridgehead atoms. The summed E-state index contributed by atoms with van der Waals surface area (Å²) in [6.45, 7) is 8.29. The fraction of sp³-hybridized carbons (Fsp3) is 0.933. The summed E-state index contributed by atoms with van der Waals surface area (Å²) >= 11 is 0. The molecule has 1 heterocycles. The quantitative estimate of drug-likeness (QED) is 0.788. The van der Waals surface area contributed by atoms with Gasteiger partial charge in [0.15, 0.2) is 0 Å². The summed E-state index contributed by atoms with van der Waals surface area (Å²) in [6.07, 6.45) is 4.95. The highest BCUT2D eigenvalue weighted by atomic mass is 16.2. The smallest absolute Gasteiger partial charge is 0.236 e. The summed E-state index contributed by atoms with van der Waals surface area (Å²) < 4.78 is 0. The van der Waals surface area contributed by atoms with Crippen LogP contribution in [0.5, 0.6) is 0 Å². The Hall–Kier alpha value is -0.610. The first kappa shape index (κ1) is 14.8. The van der Waals surface area contributed by atoms with Gasteiger partial charge >= 0.3 is 0 Å². The molecule has 0 radical (unpaired) electrons. The van der Waals surface area contributed by atoms with Gasteiger partial charge in [-0.25, -0.2) is 0 Å². The second-order valence-corrected chi connectivity index (χ2v) is 6.47. The molecule has 1 aliphatic heterocycles. The van der Waals surface area contributed by atoms with Gasteiger partial charge in [-0.3, -0.25) is 9.69 Å². The van der Waals surface area contributed by atoms with Crippen molar-refractivity contribution in [3.8, 4) is 0 Å². The van der Waals surface area contributed by atoms with Crippen molar-refractivity contribution >= 4 is 5.91 Å². The molecule has 1 unspecified atom stereocenters. The maximum atomic E-state index is 12.2. The molecular formula is C15H29N3O. The van der Waals surface area contributed by atoms with Crippen LogP contribution in [-0.2, 0) is 4.79 Å². The van der Waals surface area contributed by atoms with Crippen molar-refractivity contribution < 1.29 is 4.79 Å². The molecule has 0 aromatic carbocycles. The zero-order chi connectivity index (χ0) is 13.8. The van der Waals surface area contributed by atoms with Crippen molar-refractivity contribution in [3.05, 3.63) is 0 Å². The van der Waals surface area contributed by atoms with Gasteiger partial charge in [-0.2, -0.15) is 0 Å². The molecule has 1 aliphatic carbocycles. The van der Waals surface area contributed by atoms with Crippen LogP contribution in [-0.4, -0.2) is 61.0 Å². The summed E-state index contributed by atoms with van der Waals surface area (Å²) in [7, 11) is 1.96. The number of rotatable bonds is 6. The predicted octanol–water partition coefficient (Wildman–Crippen LogP) is 1.32. The molecule has 0 aromatic heterocycles. The summed E-state index contributed by atoms with van der Waals surface area (Å²) in [5.41, 5.74) is 0. The maximum absolute atomic E-state index is 12.2. The van der Waals surface area contributed by atoms with Gasteiger partial charge in [0.05, 0.1) is 6.54 Å². The Bertz CT molecular complexity index is 296. The number of hydrogen-bond acceptors (Lipinski definition) is 3. The molecule has 1 saturated carbocycles. The zero-order valence-electron chi connectivity index (χ0n) is 12.7. The average molecular weight is 267 g/mol. The Morgan fingerprint density at radius 3 is 2.58 bits per heavy atom. The molecule has 4 nitrogen and oxygen atoms in total. The minimum Gasteiger partial charge on any atom is -0.342 e. The molecule has 0 aromatic rings. The third kappa shape index (κ3) is 4.46. The van der Waals surface area contributed by atoms with Crippen LogP contribution in [0, 0.1) is 5.92 Å². The van der Waals surface area contributed by atoms with Crippen LogP contribution < -0.4 is 5.32 Å². The van der Waals surface area contributed by atoms with Gasteiger partial charge in [0, 0.05) is 25.7 Å². The van der Waals surface area contributed by atoms with Crippen molar-refractivity contribution in [1.29, 1.82) is 0 Å². The van der Waals surface area contributed by atoms with Gasteiger partial charge in [0.2, 0.25) is 5.91 Å². The summed E-state index contributed by atoms with van der Waals surface area (Å²) in [5.74, 6) is 0.996. The highest BCUT2D eigenvalue weighted by Gasteiger charge is 2.31. The van der Waals surface area contributed by atoms with Gasteiger partial charge in [0.1, 0.15) is 0 Å². The topological polar surface area (TPSA) is 35.6 Å². The van der Waals surface area contributed by atoms with Crippen LogP contribution in [0.2, 0.25) is 0 Å². The number of amides is 1. The molecule has 1 atom stereocenters. The van der Waals surface area contributed by atoms with Crippen LogP contribution in [0.3, 0.4) is 0 Å². The van der Waals surface area contributed by atoms with Crippen molar-refractivity contribution in [2.45, 2.75) is 51.6 Å². The molecule has 2 fully saturated rings. The van der Waals surface area contributed by atoms with Crippen molar-refractivity contribution in [3.63, 3.8) is 0 Å². The molecule has 19 heavy (non-hydrogen) atoms. The van der Waals surface area contributed by atoms with E-state index in [9.17, 15) is 4.79 Å². The van der Waals surface area contributed by atoms with Crippen molar-refractivity contribution in [2.75, 3.05) is 33.2 Å². The number of carbonyl (C=O) groups is 1. The minimum absolute atomic E-state index is 0.292.